The van der Waals surface area contributed by atoms with Crippen molar-refractivity contribution in [1.29, 1.82) is 0 Å². The molecule has 0 aromatic carbocycles. The molecule has 0 unspecified atom stereocenters. The van der Waals surface area contributed by atoms with Crippen molar-refractivity contribution < 1.29 is 0 Å². The van der Waals surface area contributed by atoms with E-state index in [1.165, 1.54) is 12.8 Å². The van der Waals surface area contributed by atoms with Crippen LogP contribution in [0.25, 0.3) is 0 Å². The van der Waals surface area contributed by atoms with Gasteiger partial charge in [-0.3, -0.25) is 9.88 Å². The molecule has 1 fully saturated rings. The van der Waals surface area contributed by atoms with Crippen LogP contribution in [0.3, 0.4) is 0 Å². The van der Waals surface area contributed by atoms with Gasteiger partial charge in [0.15, 0.2) is 0 Å². The summed E-state index contributed by atoms with van der Waals surface area (Å²) in [5.41, 5.74) is 6.81. The summed E-state index contributed by atoms with van der Waals surface area (Å²) in [4.78, 5) is 6.90. The first-order valence-electron chi connectivity index (χ1n) is 5.91. The standard InChI is InChI=1S/C12H17Br2N3/c13-10-5-11(14)12(16-7-10)8-17-3-1-9(6-15)2-4-17/h5,7,9H,1-4,6,8,15H2. The van der Waals surface area contributed by atoms with Crippen LogP contribution in [0.1, 0.15) is 18.5 Å². The minimum atomic E-state index is 0.715. The van der Waals surface area contributed by atoms with Crippen LogP contribution in [0, 0.1) is 5.92 Å². The van der Waals surface area contributed by atoms with Crippen LogP contribution in [-0.4, -0.2) is 29.5 Å². The smallest absolute Gasteiger partial charge is 0.0686 e. The number of halogens is 2. The van der Waals surface area contributed by atoms with Crippen molar-refractivity contribution >= 4 is 31.9 Å². The molecule has 0 atom stereocenters. The fourth-order valence-electron chi connectivity index (χ4n) is 2.15. The summed E-state index contributed by atoms with van der Waals surface area (Å²) in [6.45, 7) is 4.01. The van der Waals surface area contributed by atoms with E-state index in [4.69, 9.17) is 5.73 Å². The fourth-order valence-corrected chi connectivity index (χ4v) is 3.26. The number of hydrogen-bond donors (Lipinski definition) is 1. The van der Waals surface area contributed by atoms with Crippen molar-refractivity contribution in [3.8, 4) is 0 Å². The molecule has 2 heterocycles. The predicted molar refractivity (Wildman–Crippen MR) is 76.7 cm³/mol. The molecular formula is C12H17Br2N3. The van der Waals surface area contributed by atoms with E-state index in [1.54, 1.807) is 0 Å². The molecule has 0 saturated carbocycles. The second-order valence-corrected chi connectivity index (χ2v) is 6.31. The van der Waals surface area contributed by atoms with Gasteiger partial charge < -0.3 is 5.73 Å². The number of hydrogen-bond acceptors (Lipinski definition) is 3. The second-order valence-electron chi connectivity index (χ2n) is 4.54. The second kappa shape index (κ2) is 6.27. The maximum absolute atomic E-state index is 5.70. The van der Waals surface area contributed by atoms with Gasteiger partial charge in [-0.05, 0) is 76.3 Å². The van der Waals surface area contributed by atoms with Gasteiger partial charge >= 0.3 is 0 Å². The maximum atomic E-state index is 5.70. The molecule has 0 radical (unpaired) electrons. The summed E-state index contributed by atoms with van der Waals surface area (Å²) in [6.07, 6.45) is 4.28. The molecule has 0 spiro atoms. The maximum Gasteiger partial charge on any atom is 0.0686 e. The highest BCUT2D eigenvalue weighted by Gasteiger charge is 2.18. The van der Waals surface area contributed by atoms with Crippen LogP contribution < -0.4 is 5.73 Å². The zero-order valence-corrected chi connectivity index (χ0v) is 12.9. The third-order valence-corrected chi connectivity index (χ3v) is 4.42. The quantitative estimate of drug-likeness (QED) is 0.898. The SMILES string of the molecule is NCC1CCN(Cc2ncc(Br)cc2Br)CC1. The zero-order valence-electron chi connectivity index (χ0n) is 9.70. The van der Waals surface area contributed by atoms with Gasteiger partial charge in [0, 0.05) is 21.7 Å². The van der Waals surface area contributed by atoms with Gasteiger partial charge in [-0.2, -0.15) is 0 Å². The Morgan fingerprint density at radius 3 is 2.65 bits per heavy atom. The Bertz CT molecular complexity index is 376. The van der Waals surface area contributed by atoms with Crippen LogP contribution in [0.4, 0.5) is 0 Å². The molecule has 5 heteroatoms. The molecule has 1 aliphatic rings. The van der Waals surface area contributed by atoms with Crippen molar-refractivity contribution in [2.45, 2.75) is 19.4 Å². The van der Waals surface area contributed by atoms with Gasteiger partial charge in [-0.25, -0.2) is 0 Å². The Morgan fingerprint density at radius 1 is 1.35 bits per heavy atom. The minimum absolute atomic E-state index is 0.715. The monoisotopic (exact) mass is 361 g/mol. The summed E-state index contributed by atoms with van der Waals surface area (Å²) in [5, 5.41) is 0. The van der Waals surface area contributed by atoms with E-state index in [0.717, 1.165) is 40.8 Å². The molecular weight excluding hydrogens is 346 g/mol. The van der Waals surface area contributed by atoms with Crippen molar-refractivity contribution in [3.63, 3.8) is 0 Å². The van der Waals surface area contributed by atoms with E-state index in [-0.39, 0.29) is 0 Å². The van der Waals surface area contributed by atoms with Gasteiger partial charge in [0.25, 0.3) is 0 Å². The largest absolute Gasteiger partial charge is 0.330 e. The molecule has 2 N–H and O–H groups in total. The average molecular weight is 363 g/mol. The number of rotatable bonds is 3. The minimum Gasteiger partial charge on any atom is -0.330 e. The van der Waals surface area contributed by atoms with Crippen LogP contribution >= 0.6 is 31.9 Å². The summed E-state index contributed by atoms with van der Waals surface area (Å²) >= 11 is 6.98. The lowest BCUT2D eigenvalue weighted by Crippen LogP contribution is -2.35. The third-order valence-electron chi connectivity index (χ3n) is 3.30. The van der Waals surface area contributed by atoms with E-state index >= 15 is 0 Å². The van der Waals surface area contributed by atoms with Gasteiger partial charge in [0.05, 0.1) is 5.69 Å². The van der Waals surface area contributed by atoms with Gasteiger partial charge in [0.2, 0.25) is 0 Å². The highest BCUT2D eigenvalue weighted by Crippen LogP contribution is 2.23. The Kier molecular flexibility index (Phi) is 4.97. The number of nitrogens with zero attached hydrogens (tertiary/aromatic N) is 2. The molecule has 1 aliphatic heterocycles. The average Bonchev–Trinajstić information content (AvgIpc) is 2.34. The van der Waals surface area contributed by atoms with Gasteiger partial charge in [0.1, 0.15) is 0 Å². The molecule has 1 aromatic rings. The topological polar surface area (TPSA) is 42.1 Å². The first-order chi connectivity index (χ1) is 8.19. The van der Waals surface area contributed by atoms with Crippen molar-refractivity contribution in [3.05, 3.63) is 26.9 Å². The van der Waals surface area contributed by atoms with E-state index in [0.29, 0.717) is 5.92 Å². The molecule has 94 valence electrons. The Morgan fingerprint density at radius 2 is 2.06 bits per heavy atom. The molecule has 1 saturated heterocycles. The van der Waals surface area contributed by atoms with Crippen molar-refractivity contribution in [2.24, 2.45) is 11.7 Å². The van der Waals surface area contributed by atoms with Crippen LogP contribution in [0.2, 0.25) is 0 Å². The summed E-state index contributed by atoms with van der Waals surface area (Å²) in [7, 11) is 0. The first-order valence-corrected chi connectivity index (χ1v) is 7.50. The number of aromatic nitrogens is 1. The number of piperidine rings is 1. The molecule has 0 bridgehead atoms. The van der Waals surface area contributed by atoms with Gasteiger partial charge in [-0.15, -0.1) is 0 Å². The molecule has 2 rings (SSSR count). The number of nitrogens with two attached hydrogens (primary N) is 1. The molecule has 1 aromatic heterocycles. The highest BCUT2D eigenvalue weighted by molar-refractivity contribution is 9.11. The highest BCUT2D eigenvalue weighted by atomic mass is 79.9. The van der Waals surface area contributed by atoms with Crippen molar-refractivity contribution in [1.82, 2.24) is 9.88 Å². The Labute approximate surface area is 119 Å². The first kappa shape index (κ1) is 13.5. The lowest BCUT2D eigenvalue weighted by atomic mass is 9.97. The Hall–Kier alpha value is 0.0300. The fraction of sp³-hybridized carbons (Fsp3) is 0.583. The van der Waals surface area contributed by atoms with Crippen LogP contribution in [-0.2, 0) is 6.54 Å². The lowest BCUT2D eigenvalue weighted by molar-refractivity contribution is 0.178. The van der Waals surface area contributed by atoms with E-state index < -0.39 is 0 Å². The molecule has 3 nitrogen and oxygen atoms in total. The normalized spacial score (nSPS) is 18.5. The predicted octanol–water partition coefficient (Wildman–Crippen LogP) is 2.78. The van der Waals surface area contributed by atoms with E-state index in [2.05, 4.69) is 47.8 Å². The van der Waals surface area contributed by atoms with Gasteiger partial charge in [-0.1, -0.05) is 0 Å². The van der Waals surface area contributed by atoms with E-state index in [1.807, 2.05) is 6.20 Å². The summed E-state index contributed by atoms with van der Waals surface area (Å²) < 4.78 is 2.09. The number of pyridine rings is 1. The van der Waals surface area contributed by atoms with Crippen LogP contribution in [0.15, 0.2) is 21.2 Å². The molecule has 0 amide bonds. The van der Waals surface area contributed by atoms with Crippen LogP contribution in [0.5, 0.6) is 0 Å². The zero-order chi connectivity index (χ0) is 12.3. The third kappa shape index (κ3) is 3.74. The lowest BCUT2D eigenvalue weighted by Gasteiger charge is -2.31. The van der Waals surface area contributed by atoms with Crippen molar-refractivity contribution in [2.75, 3.05) is 19.6 Å². The van der Waals surface area contributed by atoms with E-state index in [9.17, 15) is 0 Å². The number of likely N-dealkylation sites (tertiary alicyclic amines) is 1. The Balaban J connectivity index is 1.93. The summed E-state index contributed by atoms with van der Waals surface area (Å²) in [5.74, 6) is 0.715. The molecule has 0 aliphatic carbocycles. The molecule has 17 heavy (non-hydrogen) atoms. The summed E-state index contributed by atoms with van der Waals surface area (Å²) in [6, 6.07) is 2.05.